The molecule has 0 aromatic heterocycles. The van der Waals surface area contributed by atoms with Gasteiger partial charge in [-0.15, -0.1) is 0 Å². The molecule has 0 radical (unpaired) electrons. The highest BCUT2D eigenvalue weighted by Crippen LogP contribution is 2.10. The summed E-state index contributed by atoms with van der Waals surface area (Å²) >= 11 is 0. The third-order valence-electron chi connectivity index (χ3n) is 3.13. The molecule has 0 rings (SSSR count). The van der Waals surface area contributed by atoms with Crippen molar-refractivity contribution in [2.45, 2.75) is 45.2 Å². The number of nitrogens with two attached hydrogens (primary N) is 1. The Hall–Kier alpha value is -0.160. The van der Waals surface area contributed by atoms with Gasteiger partial charge in [-0.25, -0.2) is 0 Å². The van der Waals surface area contributed by atoms with Crippen LogP contribution in [0.1, 0.15) is 33.6 Å². The fraction of sp³-hybridized carbons (Fsp3) is 1.00. The van der Waals surface area contributed by atoms with Crippen LogP contribution in [0, 0.1) is 0 Å². The zero-order valence-electron chi connectivity index (χ0n) is 11.2. The number of aliphatic hydroxyl groups excluding tert-OH is 1. The quantitative estimate of drug-likeness (QED) is 0.618. The molecule has 4 heteroatoms. The molecule has 0 aromatic carbocycles. The van der Waals surface area contributed by atoms with Gasteiger partial charge in [-0.3, -0.25) is 4.90 Å². The largest absolute Gasteiger partial charge is 0.394 e. The first-order valence-electron chi connectivity index (χ1n) is 6.09. The maximum Gasteiger partial charge on any atom is 0.0608 e. The van der Waals surface area contributed by atoms with Crippen molar-refractivity contribution in [3.05, 3.63) is 0 Å². The van der Waals surface area contributed by atoms with Crippen molar-refractivity contribution in [2.75, 3.05) is 33.4 Å². The van der Waals surface area contributed by atoms with Crippen LogP contribution in [0.4, 0.5) is 0 Å². The van der Waals surface area contributed by atoms with Gasteiger partial charge in [0.25, 0.3) is 0 Å². The zero-order valence-corrected chi connectivity index (χ0v) is 11.2. The standard InChI is InChI=1S/C12H28N2O2/c1-5-11(2)14(8-9-16-4)7-6-12(3,13)10-15/h11,15H,5-10,13H2,1-4H3. The lowest BCUT2D eigenvalue weighted by Gasteiger charge is -2.31. The molecule has 0 aliphatic rings. The van der Waals surface area contributed by atoms with Crippen LogP contribution in [-0.4, -0.2) is 55.0 Å². The van der Waals surface area contributed by atoms with Crippen molar-refractivity contribution in [1.29, 1.82) is 0 Å². The van der Waals surface area contributed by atoms with Gasteiger partial charge < -0.3 is 15.6 Å². The summed E-state index contributed by atoms with van der Waals surface area (Å²) < 4.78 is 5.10. The number of ether oxygens (including phenoxy) is 1. The van der Waals surface area contributed by atoms with Gasteiger partial charge >= 0.3 is 0 Å². The monoisotopic (exact) mass is 232 g/mol. The van der Waals surface area contributed by atoms with Crippen LogP contribution in [0.3, 0.4) is 0 Å². The van der Waals surface area contributed by atoms with E-state index in [0.29, 0.717) is 6.04 Å². The molecule has 0 aromatic rings. The predicted octanol–water partition coefficient (Wildman–Crippen LogP) is 0.833. The lowest BCUT2D eigenvalue weighted by molar-refractivity contribution is 0.108. The van der Waals surface area contributed by atoms with Gasteiger partial charge in [-0.1, -0.05) is 6.92 Å². The Morgan fingerprint density at radius 2 is 2.06 bits per heavy atom. The van der Waals surface area contributed by atoms with Crippen LogP contribution in [-0.2, 0) is 4.74 Å². The van der Waals surface area contributed by atoms with E-state index < -0.39 is 5.54 Å². The van der Waals surface area contributed by atoms with E-state index >= 15 is 0 Å². The Bertz CT molecular complexity index is 174. The van der Waals surface area contributed by atoms with Gasteiger partial charge in [0.2, 0.25) is 0 Å². The molecular weight excluding hydrogens is 204 g/mol. The summed E-state index contributed by atoms with van der Waals surface area (Å²) in [6.07, 6.45) is 1.92. The highest BCUT2D eigenvalue weighted by atomic mass is 16.5. The van der Waals surface area contributed by atoms with Crippen molar-refractivity contribution in [3.8, 4) is 0 Å². The second-order valence-electron chi connectivity index (χ2n) is 4.85. The Labute approximate surface area is 99.8 Å². The summed E-state index contributed by atoms with van der Waals surface area (Å²) in [5.74, 6) is 0. The van der Waals surface area contributed by atoms with E-state index in [2.05, 4.69) is 18.7 Å². The molecule has 16 heavy (non-hydrogen) atoms. The summed E-state index contributed by atoms with van der Waals surface area (Å²) in [5.41, 5.74) is 5.45. The molecule has 0 saturated carbocycles. The zero-order chi connectivity index (χ0) is 12.6. The SMILES string of the molecule is CCC(C)N(CCOC)CCC(C)(N)CO. The van der Waals surface area contributed by atoms with Gasteiger partial charge in [0.05, 0.1) is 13.2 Å². The van der Waals surface area contributed by atoms with Crippen molar-refractivity contribution in [2.24, 2.45) is 5.73 Å². The fourth-order valence-electron chi connectivity index (χ4n) is 1.50. The summed E-state index contributed by atoms with van der Waals surface area (Å²) in [4.78, 5) is 2.37. The van der Waals surface area contributed by atoms with Crippen LogP contribution in [0.25, 0.3) is 0 Å². The molecule has 0 spiro atoms. The summed E-state index contributed by atoms with van der Waals surface area (Å²) in [5, 5.41) is 9.11. The number of rotatable bonds is 9. The van der Waals surface area contributed by atoms with Gasteiger partial charge in [0.1, 0.15) is 0 Å². The molecule has 3 N–H and O–H groups in total. The molecular formula is C12H28N2O2. The number of aliphatic hydroxyl groups is 1. The van der Waals surface area contributed by atoms with Gasteiger partial charge in [-0.2, -0.15) is 0 Å². The molecule has 0 bridgehead atoms. The van der Waals surface area contributed by atoms with Crippen molar-refractivity contribution < 1.29 is 9.84 Å². The highest BCUT2D eigenvalue weighted by Gasteiger charge is 2.20. The lowest BCUT2D eigenvalue weighted by atomic mass is 10.00. The van der Waals surface area contributed by atoms with E-state index in [0.717, 1.165) is 32.5 Å². The molecule has 2 unspecified atom stereocenters. The maximum atomic E-state index is 9.11. The molecule has 0 aliphatic carbocycles. The third-order valence-corrected chi connectivity index (χ3v) is 3.13. The van der Waals surface area contributed by atoms with E-state index in [-0.39, 0.29) is 6.61 Å². The Kier molecular flexibility index (Phi) is 7.93. The molecule has 0 fully saturated rings. The van der Waals surface area contributed by atoms with Gasteiger partial charge in [0, 0.05) is 31.8 Å². The molecule has 0 saturated heterocycles. The normalized spacial score (nSPS) is 17.4. The lowest BCUT2D eigenvalue weighted by Crippen LogP contribution is -2.45. The Balaban J connectivity index is 4.10. The first-order chi connectivity index (χ1) is 7.46. The predicted molar refractivity (Wildman–Crippen MR) is 67.5 cm³/mol. The average Bonchev–Trinajstić information content (AvgIpc) is 2.28. The number of methoxy groups -OCH3 is 1. The van der Waals surface area contributed by atoms with Crippen LogP contribution in [0.15, 0.2) is 0 Å². The smallest absolute Gasteiger partial charge is 0.0608 e. The van der Waals surface area contributed by atoms with E-state index in [1.54, 1.807) is 7.11 Å². The van der Waals surface area contributed by atoms with Crippen molar-refractivity contribution in [1.82, 2.24) is 4.90 Å². The van der Waals surface area contributed by atoms with Crippen molar-refractivity contribution in [3.63, 3.8) is 0 Å². The van der Waals surface area contributed by atoms with Crippen LogP contribution >= 0.6 is 0 Å². The van der Waals surface area contributed by atoms with Gasteiger partial charge in [-0.05, 0) is 26.7 Å². The Morgan fingerprint density at radius 3 is 2.50 bits per heavy atom. The Morgan fingerprint density at radius 1 is 1.44 bits per heavy atom. The number of hydrogen-bond acceptors (Lipinski definition) is 4. The number of hydrogen-bond donors (Lipinski definition) is 2. The molecule has 2 atom stereocenters. The van der Waals surface area contributed by atoms with E-state index in [4.69, 9.17) is 15.6 Å². The molecule has 4 nitrogen and oxygen atoms in total. The van der Waals surface area contributed by atoms with Crippen molar-refractivity contribution >= 4 is 0 Å². The first-order valence-corrected chi connectivity index (χ1v) is 6.09. The van der Waals surface area contributed by atoms with Crippen LogP contribution < -0.4 is 5.73 Å². The second-order valence-corrected chi connectivity index (χ2v) is 4.85. The minimum absolute atomic E-state index is 0.0334. The van der Waals surface area contributed by atoms with E-state index in [1.165, 1.54) is 0 Å². The summed E-state index contributed by atoms with van der Waals surface area (Å²) in [6, 6.07) is 0.532. The average molecular weight is 232 g/mol. The molecule has 0 amide bonds. The topological polar surface area (TPSA) is 58.7 Å². The van der Waals surface area contributed by atoms with Gasteiger partial charge in [0.15, 0.2) is 0 Å². The summed E-state index contributed by atoms with van der Waals surface area (Å²) in [6.45, 7) is 8.88. The highest BCUT2D eigenvalue weighted by molar-refractivity contribution is 4.80. The molecule has 98 valence electrons. The molecule has 0 heterocycles. The van der Waals surface area contributed by atoms with Crippen LogP contribution in [0.5, 0.6) is 0 Å². The maximum absolute atomic E-state index is 9.11. The first kappa shape index (κ1) is 15.8. The molecule has 0 aliphatic heterocycles. The van der Waals surface area contributed by atoms with E-state index in [9.17, 15) is 0 Å². The minimum atomic E-state index is -0.473. The number of nitrogens with zero attached hydrogens (tertiary/aromatic N) is 1. The summed E-state index contributed by atoms with van der Waals surface area (Å²) in [7, 11) is 1.72. The second kappa shape index (κ2) is 8.01. The minimum Gasteiger partial charge on any atom is -0.394 e. The van der Waals surface area contributed by atoms with Crippen LogP contribution in [0.2, 0.25) is 0 Å². The third kappa shape index (κ3) is 6.43. The van der Waals surface area contributed by atoms with E-state index in [1.807, 2.05) is 6.92 Å². The fourth-order valence-corrected chi connectivity index (χ4v) is 1.50.